The number of ether oxygens (including phenoxy) is 2. The molecule has 0 aromatic carbocycles. The monoisotopic (exact) mass is 203 g/mol. The maximum Gasteiger partial charge on any atom is 0.0722 e. The third-order valence-electron chi connectivity index (χ3n) is 2.03. The fourth-order valence-electron chi connectivity index (χ4n) is 0.788. The molecule has 3 nitrogen and oxygen atoms in total. The fraction of sp³-hybridized carbons (Fsp3) is 1.00. The molecule has 0 bridgehead atoms. The normalized spacial score (nSPS) is 15.6. The van der Waals surface area contributed by atoms with Gasteiger partial charge in [-0.05, 0) is 41.5 Å². The molecule has 0 aromatic heterocycles. The first-order valence-corrected chi connectivity index (χ1v) is 5.17. The van der Waals surface area contributed by atoms with Crippen LogP contribution in [0.15, 0.2) is 0 Å². The van der Waals surface area contributed by atoms with Crippen molar-refractivity contribution in [2.24, 2.45) is 5.73 Å². The number of nitrogens with two attached hydrogens (primary N) is 1. The fourth-order valence-corrected chi connectivity index (χ4v) is 0.788. The number of hydrogen-bond acceptors (Lipinski definition) is 3. The molecule has 0 fully saturated rings. The van der Waals surface area contributed by atoms with Crippen molar-refractivity contribution < 1.29 is 9.47 Å². The van der Waals surface area contributed by atoms with Crippen molar-refractivity contribution in [3.05, 3.63) is 0 Å². The van der Waals surface area contributed by atoms with Gasteiger partial charge in [0.1, 0.15) is 0 Å². The molecule has 0 aliphatic carbocycles. The maximum atomic E-state index is 5.88. The minimum absolute atomic E-state index is 0.0473. The quantitative estimate of drug-likeness (QED) is 0.695. The van der Waals surface area contributed by atoms with E-state index in [9.17, 15) is 0 Å². The Morgan fingerprint density at radius 3 is 1.93 bits per heavy atom. The van der Waals surface area contributed by atoms with Crippen molar-refractivity contribution in [1.29, 1.82) is 0 Å². The van der Waals surface area contributed by atoms with Crippen LogP contribution in [-0.4, -0.2) is 30.5 Å². The van der Waals surface area contributed by atoms with Crippen LogP contribution in [0.2, 0.25) is 0 Å². The van der Waals surface area contributed by atoms with E-state index in [1.54, 1.807) is 0 Å². The Bertz CT molecular complexity index is 156. The molecule has 14 heavy (non-hydrogen) atoms. The highest BCUT2D eigenvalue weighted by molar-refractivity contribution is 4.79. The molecule has 1 atom stereocenters. The molecule has 0 aliphatic rings. The summed E-state index contributed by atoms with van der Waals surface area (Å²) in [5.74, 6) is 0. The van der Waals surface area contributed by atoms with Gasteiger partial charge in [-0.2, -0.15) is 0 Å². The summed E-state index contributed by atoms with van der Waals surface area (Å²) in [4.78, 5) is 0. The SMILES string of the molecule is CC(OCCOC(C)(C)C)C(C)(C)N. The molecule has 1 unspecified atom stereocenters. The molecular formula is C11H25NO2. The molecule has 86 valence electrons. The smallest absolute Gasteiger partial charge is 0.0722 e. The van der Waals surface area contributed by atoms with Crippen LogP contribution in [0.3, 0.4) is 0 Å². The molecular weight excluding hydrogens is 178 g/mol. The van der Waals surface area contributed by atoms with Gasteiger partial charge in [0, 0.05) is 5.54 Å². The molecule has 0 saturated carbocycles. The molecule has 3 heteroatoms. The summed E-state index contributed by atoms with van der Waals surface area (Å²) < 4.78 is 11.1. The van der Waals surface area contributed by atoms with Gasteiger partial charge >= 0.3 is 0 Å². The molecule has 0 saturated heterocycles. The summed E-state index contributed by atoms with van der Waals surface area (Å²) >= 11 is 0. The van der Waals surface area contributed by atoms with Crippen molar-refractivity contribution in [3.63, 3.8) is 0 Å². The van der Waals surface area contributed by atoms with E-state index in [0.29, 0.717) is 13.2 Å². The van der Waals surface area contributed by atoms with E-state index < -0.39 is 0 Å². The zero-order chi connectivity index (χ0) is 11.4. The van der Waals surface area contributed by atoms with Gasteiger partial charge in [0.25, 0.3) is 0 Å². The number of hydrogen-bond donors (Lipinski definition) is 1. The third kappa shape index (κ3) is 7.30. The lowest BCUT2D eigenvalue weighted by atomic mass is 10.0. The third-order valence-corrected chi connectivity index (χ3v) is 2.03. The lowest BCUT2D eigenvalue weighted by molar-refractivity contribution is -0.0591. The van der Waals surface area contributed by atoms with Crippen molar-refractivity contribution in [2.75, 3.05) is 13.2 Å². The van der Waals surface area contributed by atoms with Crippen LogP contribution < -0.4 is 5.73 Å². The molecule has 0 aliphatic heterocycles. The molecule has 0 amide bonds. The van der Waals surface area contributed by atoms with E-state index in [4.69, 9.17) is 15.2 Å². The summed E-state index contributed by atoms with van der Waals surface area (Å²) in [6.07, 6.45) is 0.0473. The van der Waals surface area contributed by atoms with E-state index in [-0.39, 0.29) is 17.2 Å². The highest BCUT2D eigenvalue weighted by atomic mass is 16.5. The van der Waals surface area contributed by atoms with Gasteiger partial charge in [0.05, 0.1) is 24.9 Å². The van der Waals surface area contributed by atoms with Crippen LogP contribution in [0, 0.1) is 0 Å². The van der Waals surface area contributed by atoms with Crippen LogP contribution in [0.5, 0.6) is 0 Å². The van der Waals surface area contributed by atoms with Gasteiger partial charge in [-0.25, -0.2) is 0 Å². The standard InChI is InChI=1S/C11H25NO2/c1-9(11(5,6)12)13-7-8-14-10(2,3)4/h9H,7-8,12H2,1-6H3. The number of rotatable bonds is 5. The van der Waals surface area contributed by atoms with Crippen LogP contribution >= 0.6 is 0 Å². The van der Waals surface area contributed by atoms with Gasteiger partial charge in [-0.3, -0.25) is 0 Å². The van der Waals surface area contributed by atoms with E-state index in [1.165, 1.54) is 0 Å². The van der Waals surface area contributed by atoms with E-state index in [2.05, 4.69) is 0 Å². The van der Waals surface area contributed by atoms with Crippen molar-refractivity contribution in [3.8, 4) is 0 Å². The van der Waals surface area contributed by atoms with Crippen LogP contribution in [-0.2, 0) is 9.47 Å². The molecule has 0 heterocycles. The Kier molecular flexibility index (Phi) is 5.06. The summed E-state index contributed by atoms with van der Waals surface area (Å²) in [5, 5.41) is 0. The Morgan fingerprint density at radius 2 is 1.57 bits per heavy atom. The van der Waals surface area contributed by atoms with Crippen molar-refractivity contribution in [1.82, 2.24) is 0 Å². The maximum absolute atomic E-state index is 5.88. The van der Waals surface area contributed by atoms with Gasteiger partial charge in [0.15, 0.2) is 0 Å². The molecule has 0 aromatic rings. The first-order valence-electron chi connectivity index (χ1n) is 5.17. The minimum Gasteiger partial charge on any atom is -0.374 e. The second kappa shape index (κ2) is 5.10. The Balaban J connectivity index is 3.56. The van der Waals surface area contributed by atoms with E-state index in [0.717, 1.165) is 0 Å². The topological polar surface area (TPSA) is 44.5 Å². The zero-order valence-electron chi connectivity index (χ0n) is 10.4. The van der Waals surface area contributed by atoms with Gasteiger partial charge in [-0.1, -0.05) is 0 Å². The Labute approximate surface area is 88.0 Å². The van der Waals surface area contributed by atoms with Crippen molar-refractivity contribution in [2.45, 2.75) is 58.8 Å². The Morgan fingerprint density at radius 1 is 1.07 bits per heavy atom. The predicted molar refractivity (Wildman–Crippen MR) is 59.4 cm³/mol. The summed E-state index contributed by atoms with van der Waals surface area (Å²) in [7, 11) is 0. The van der Waals surface area contributed by atoms with Gasteiger partial charge in [-0.15, -0.1) is 0 Å². The first kappa shape index (κ1) is 13.9. The molecule has 0 spiro atoms. The molecule has 2 N–H and O–H groups in total. The average Bonchev–Trinajstić information content (AvgIpc) is 1.93. The highest BCUT2D eigenvalue weighted by Gasteiger charge is 2.21. The zero-order valence-corrected chi connectivity index (χ0v) is 10.4. The van der Waals surface area contributed by atoms with Crippen LogP contribution in [0.1, 0.15) is 41.5 Å². The minimum atomic E-state index is -0.290. The van der Waals surface area contributed by atoms with Gasteiger partial charge in [0.2, 0.25) is 0 Å². The van der Waals surface area contributed by atoms with E-state index >= 15 is 0 Å². The van der Waals surface area contributed by atoms with Crippen LogP contribution in [0.25, 0.3) is 0 Å². The second-order valence-electron chi connectivity index (χ2n) is 5.30. The summed E-state index contributed by atoms with van der Waals surface area (Å²) in [6, 6.07) is 0. The summed E-state index contributed by atoms with van der Waals surface area (Å²) in [6.45, 7) is 13.2. The summed E-state index contributed by atoms with van der Waals surface area (Å²) in [5.41, 5.74) is 5.50. The highest BCUT2D eigenvalue weighted by Crippen LogP contribution is 2.09. The van der Waals surface area contributed by atoms with Crippen LogP contribution in [0.4, 0.5) is 0 Å². The Hall–Kier alpha value is -0.120. The van der Waals surface area contributed by atoms with Crippen molar-refractivity contribution >= 4 is 0 Å². The first-order chi connectivity index (χ1) is 6.13. The average molecular weight is 203 g/mol. The second-order valence-corrected chi connectivity index (χ2v) is 5.30. The predicted octanol–water partition coefficient (Wildman–Crippen LogP) is 1.94. The van der Waals surface area contributed by atoms with E-state index in [1.807, 2.05) is 41.5 Å². The lowest BCUT2D eigenvalue weighted by Gasteiger charge is -2.28. The lowest BCUT2D eigenvalue weighted by Crippen LogP contribution is -2.45. The van der Waals surface area contributed by atoms with Gasteiger partial charge < -0.3 is 15.2 Å². The molecule has 0 radical (unpaired) electrons. The molecule has 0 rings (SSSR count). The largest absolute Gasteiger partial charge is 0.374 e.